The van der Waals surface area contributed by atoms with Crippen molar-refractivity contribution in [3.05, 3.63) is 35.7 Å². The molecular weight excluding hydrogens is 238 g/mol. The summed E-state index contributed by atoms with van der Waals surface area (Å²) in [5.74, 6) is 1.98. The van der Waals surface area contributed by atoms with Crippen molar-refractivity contribution in [2.24, 2.45) is 0 Å². The van der Waals surface area contributed by atoms with E-state index in [1.807, 2.05) is 24.3 Å². The summed E-state index contributed by atoms with van der Waals surface area (Å²) >= 11 is 0. The third kappa shape index (κ3) is 1.56. The highest BCUT2D eigenvalue weighted by Crippen LogP contribution is 2.35. The first-order valence-electron chi connectivity index (χ1n) is 6.95. The first-order chi connectivity index (χ1) is 9.34. The van der Waals surface area contributed by atoms with E-state index in [1.54, 1.807) is 0 Å². The van der Waals surface area contributed by atoms with Gasteiger partial charge in [-0.3, -0.25) is 4.79 Å². The minimum atomic E-state index is -0.0415. The number of aromatic nitrogens is 3. The Bertz CT molecular complexity index is 653. The SMILES string of the molecule is O=C1c2ccccc2-c2nc(C3CCCCC3)nn21. The van der Waals surface area contributed by atoms with Gasteiger partial charge < -0.3 is 0 Å². The zero-order valence-electron chi connectivity index (χ0n) is 10.7. The Hall–Kier alpha value is -1.97. The van der Waals surface area contributed by atoms with Gasteiger partial charge in [-0.25, -0.2) is 4.98 Å². The molecule has 0 amide bonds. The Morgan fingerprint density at radius 2 is 1.79 bits per heavy atom. The Kier molecular flexibility index (Phi) is 2.31. The topological polar surface area (TPSA) is 47.8 Å². The molecule has 1 aromatic carbocycles. The average Bonchev–Trinajstić information content (AvgIpc) is 3.01. The van der Waals surface area contributed by atoms with Gasteiger partial charge in [0.25, 0.3) is 5.91 Å². The fourth-order valence-corrected chi connectivity index (χ4v) is 3.16. The van der Waals surface area contributed by atoms with Crippen LogP contribution in [0.4, 0.5) is 0 Å². The molecule has 0 atom stereocenters. The van der Waals surface area contributed by atoms with Crippen molar-refractivity contribution in [1.29, 1.82) is 0 Å². The van der Waals surface area contributed by atoms with Crippen LogP contribution in [0.1, 0.15) is 54.2 Å². The van der Waals surface area contributed by atoms with Gasteiger partial charge in [-0.15, -0.1) is 5.10 Å². The van der Waals surface area contributed by atoms with Crippen LogP contribution in [0.25, 0.3) is 11.4 Å². The summed E-state index contributed by atoms with van der Waals surface area (Å²) in [5, 5.41) is 4.47. The van der Waals surface area contributed by atoms with Crippen molar-refractivity contribution in [1.82, 2.24) is 14.8 Å². The molecule has 0 unspecified atom stereocenters. The van der Waals surface area contributed by atoms with Crippen LogP contribution in [0, 0.1) is 0 Å². The second kappa shape index (κ2) is 4.02. The Balaban J connectivity index is 1.78. The molecule has 0 saturated heterocycles. The van der Waals surface area contributed by atoms with Crippen LogP contribution >= 0.6 is 0 Å². The van der Waals surface area contributed by atoms with Gasteiger partial charge >= 0.3 is 0 Å². The van der Waals surface area contributed by atoms with Crippen LogP contribution in [0.5, 0.6) is 0 Å². The molecule has 0 spiro atoms. The molecule has 2 heterocycles. The molecule has 1 aliphatic carbocycles. The number of hydrogen-bond donors (Lipinski definition) is 0. The summed E-state index contributed by atoms with van der Waals surface area (Å²) in [6.07, 6.45) is 6.11. The second-order valence-electron chi connectivity index (χ2n) is 5.39. The van der Waals surface area contributed by atoms with E-state index >= 15 is 0 Å². The quantitative estimate of drug-likeness (QED) is 0.669. The van der Waals surface area contributed by atoms with Crippen molar-refractivity contribution in [3.63, 3.8) is 0 Å². The first-order valence-corrected chi connectivity index (χ1v) is 6.95. The van der Waals surface area contributed by atoms with Crippen molar-refractivity contribution in [3.8, 4) is 11.4 Å². The van der Waals surface area contributed by atoms with Crippen molar-refractivity contribution in [2.75, 3.05) is 0 Å². The molecule has 96 valence electrons. The van der Waals surface area contributed by atoms with E-state index in [4.69, 9.17) is 0 Å². The Morgan fingerprint density at radius 3 is 2.58 bits per heavy atom. The monoisotopic (exact) mass is 253 g/mol. The van der Waals surface area contributed by atoms with Gasteiger partial charge in [0, 0.05) is 11.5 Å². The zero-order chi connectivity index (χ0) is 12.8. The van der Waals surface area contributed by atoms with Gasteiger partial charge in [-0.1, -0.05) is 37.5 Å². The molecule has 2 aromatic rings. The second-order valence-corrected chi connectivity index (χ2v) is 5.39. The van der Waals surface area contributed by atoms with E-state index in [9.17, 15) is 4.79 Å². The first kappa shape index (κ1) is 10.9. The van der Waals surface area contributed by atoms with E-state index in [1.165, 1.54) is 23.9 Å². The minimum absolute atomic E-state index is 0.0415. The molecule has 0 radical (unpaired) electrons. The highest BCUT2D eigenvalue weighted by molar-refractivity contribution is 6.07. The number of benzene rings is 1. The molecule has 19 heavy (non-hydrogen) atoms. The lowest BCUT2D eigenvalue weighted by Gasteiger charge is -2.18. The van der Waals surface area contributed by atoms with E-state index in [-0.39, 0.29) is 5.91 Å². The van der Waals surface area contributed by atoms with Gasteiger partial charge in [-0.05, 0) is 18.9 Å². The lowest BCUT2D eigenvalue weighted by molar-refractivity contribution is 0.0954. The number of hydrogen-bond acceptors (Lipinski definition) is 3. The number of nitrogens with zero attached hydrogens (tertiary/aromatic N) is 3. The minimum Gasteiger partial charge on any atom is -0.267 e. The van der Waals surface area contributed by atoms with Crippen LogP contribution in [0.3, 0.4) is 0 Å². The molecule has 1 fully saturated rings. The molecule has 4 heteroatoms. The van der Waals surface area contributed by atoms with Crippen LogP contribution in [-0.2, 0) is 0 Å². The van der Waals surface area contributed by atoms with Gasteiger partial charge in [0.1, 0.15) is 0 Å². The van der Waals surface area contributed by atoms with Crippen LogP contribution < -0.4 is 0 Å². The molecule has 1 aliphatic heterocycles. The molecule has 0 bridgehead atoms. The van der Waals surface area contributed by atoms with Crippen molar-refractivity contribution < 1.29 is 4.79 Å². The molecule has 0 N–H and O–H groups in total. The number of rotatable bonds is 1. The molecular formula is C15H15N3O. The molecule has 1 aromatic heterocycles. The van der Waals surface area contributed by atoms with E-state index in [2.05, 4.69) is 10.1 Å². The fraction of sp³-hybridized carbons (Fsp3) is 0.400. The van der Waals surface area contributed by atoms with Crippen molar-refractivity contribution in [2.45, 2.75) is 38.0 Å². The van der Waals surface area contributed by atoms with Gasteiger partial charge in [0.15, 0.2) is 11.6 Å². The summed E-state index contributed by atoms with van der Waals surface area (Å²) in [6.45, 7) is 0. The lowest BCUT2D eigenvalue weighted by Crippen LogP contribution is -2.11. The summed E-state index contributed by atoms with van der Waals surface area (Å²) < 4.78 is 1.48. The van der Waals surface area contributed by atoms with Gasteiger partial charge in [-0.2, -0.15) is 4.68 Å². The van der Waals surface area contributed by atoms with E-state index in [0.717, 1.165) is 30.1 Å². The van der Waals surface area contributed by atoms with Crippen molar-refractivity contribution >= 4 is 5.91 Å². The maximum atomic E-state index is 12.2. The molecule has 1 saturated carbocycles. The predicted molar refractivity (Wildman–Crippen MR) is 71.0 cm³/mol. The van der Waals surface area contributed by atoms with Crippen LogP contribution in [0.2, 0.25) is 0 Å². The lowest BCUT2D eigenvalue weighted by atomic mass is 9.89. The number of carbonyl (C=O) groups excluding carboxylic acids is 1. The third-order valence-corrected chi connectivity index (χ3v) is 4.18. The fourth-order valence-electron chi connectivity index (χ4n) is 3.16. The van der Waals surface area contributed by atoms with Gasteiger partial charge in [0.2, 0.25) is 0 Å². The Labute approximate surface area is 111 Å². The summed E-state index contributed by atoms with van der Waals surface area (Å²) in [7, 11) is 0. The van der Waals surface area contributed by atoms with Crippen LogP contribution in [-0.4, -0.2) is 20.7 Å². The van der Waals surface area contributed by atoms with Crippen LogP contribution in [0.15, 0.2) is 24.3 Å². The number of fused-ring (bicyclic) bond motifs is 3. The molecule has 4 nitrogen and oxygen atoms in total. The summed E-state index contributed by atoms with van der Waals surface area (Å²) in [4.78, 5) is 16.9. The highest BCUT2D eigenvalue weighted by atomic mass is 16.2. The maximum Gasteiger partial charge on any atom is 0.280 e. The average molecular weight is 253 g/mol. The Morgan fingerprint density at radius 1 is 1.05 bits per heavy atom. The largest absolute Gasteiger partial charge is 0.280 e. The summed E-state index contributed by atoms with van der Waals surface area (Å²) in [6, 6.07) is 7.61. The third-order valence-electron chi connectivity index (χ3n) is 4.18. The highest BCUT2D eigenvalue weighted by Gasteiger charge is 2.31. The smallest absolute Gasteiger partial charge is 0.267 e. The number of carbonyl (C=O) groups is 1. The maximum absolute atomic E-state index is 12.2. The van der Waals surface area contributed by atoms with E-state index in [0.29, 0.717) is 11.5 Å². The zero-order valence-corrected chi connectivity index (χ0v) is 10.7. The summed E-state index contributed by atoms with van der Waals surface area (Å²) in [5.41, 5.74) is 1.63. The normalized spacial score (nSPS) is 18.4. The predicted octanol–water partition coefficient (Wildman–Crippen LogP) is 2.99. The standard InChI is InChI=1S/C15H15N3O/c19-15-12-9-5-4-8-11(12)14-16-13(17-18(14)15)10-6-2-1-3-7-10/h4-5,8-10H,1-3,6-7H2. The molecule has 2 aliphatic rings. The molecule has 4 rings (SSSR count). The van der Waals surface area contributed by atoms with Gasteiger partial charge in [0.05, 0.1) is 5.56 Å². The van der Waals surface area contributed by atoms with E-state index < -0.39 is 0 Å².